The van der Waals surface area contributed by atoms with Crippen molar-refractivity contribution in [2.75, 3.05) is 0 Å². The normalized spacial score (nSPS) is 11.2. The Hall–Kier alpha value is -2.83. The molecule has 0 aliphatic carbocycles. The maximum absolute atomic E-state index is 12.8. The molecule has 1 heterocycles. The van der Waals surface area contributed by atoms with Gasteiger partial charge in [-0.15, -0.1) is 0 Å². The molecule has 0 spiro atoms. The Morgan fingerprint density at radius 2 is 2.10 bits per heavy atom. The summed E-state index contributed by atoms with van der Waals surface area (Å²) in [6, 6.07) is 5.74. The molecule has 0 radical (unpaired) electrons. The van der Waals surface area contributed by atoms with Crippen LogP contribution < -0.4 is 0 Å². The van der Waals surface area contributed by atoms with Crippen molar-refractivity contribution < 1.29 is 18.7 Å². The van der Waals surface area contributed by atoms with Gasteiger partial charge in [-0.2, -0.15) is 0 Å². The first-order chi connectivity index (χ1) is 9.99. The predicted molar refractivity (Wildman–Crippen MR) is 72.8 cm³/mol. The number of imidazole rings is 1. The van der Waals surface area contributed by atoms with E-state index < -0.39 is 12.4 Å². The lowest BCUT2D eigenvalue weighted by atomic mass is 10.0. The molecule has 0 bridgehead atoms. The second kappa shape index (κ2) is 6.08. The zero-order valence-electron chi connectivity index (χ0n) is 10.7. The van der Waals surface area contributed by atoms with Gasteiger partial charge in [0, 0.05) is 11.1 Å². The predicted octanol–water partition coefficient (Wildman–Crippen LogP) is 3.13. The van der Waals surface area contributed by atoms with E-state index in [-0.39, 0.29) is 28.4 Å². The zero-order chi connectivity index (χ0) is 15.4. The molecular weight excluding hydrogens is 280 g/mol. The molecule has 1 aromatic heterocycles. The Morgan fingerprint density at radius 3 is 2.71 bits per heavy atom. The monoisotopic (exact) mass is 291 g/mol. The molecule has 3 N–H and O–H groups in total. The van der Waals surface area contributed by atoms with Crippen LogP contribution in [0.5, 0.6) is 0 Å². The highest BCUT2D eigenvalue weighted by molar-refractivity contribution is 6.09. The van der Waals surface area contributed by atoms with Gasteiger partial charge in [-0.3, -0.25) is 0 Å². The number of carboxylic acids is 1. The number of hydrogen-bond acceptors (Lipinski definition) is 3. The molecule has 0 atom stereocenters. The van der Waals surface area contributed by atoms with Crippen LogP contribution in [0.4, 0.5) is 8.78 Å². The summed E-state index contributed by atoms with van der Waals surface area (Å²) in [5, 5.41) is 16.6. The maximum Gasteiger partial charge on any atom is 0.353 e. The first-order valence-electron chi connectivity index (χ1n) is 5.91. The minimum Gasteiger partial charge on any atom is -0.477 e. The summed E-state index contributed by atoms with van der Waals surface area (Å²) in [4.78, 5) is 17.0. The fourth-order valence-corrected chi connectivity index (χ4v) is 1.71. The molecule has 21 heavy (non-hydrogen) atoms. The molecule has 0 aliphatic heterocycles. The van der Waals surface area contributed by atoms with Gasteiger partial charge < -0.3 is 15.5 Å². The van der Waals surface area contributed by atoms with E-state index in [4.69, 9.17) is 10.5 Å². The quantitative estimate of drug-likeness (QED) is 0.739. The second-order valence-electron chi connectivity index (χ2n) is 4.12. The first kappa shape index (κ1) is 14.6. The number of hydrogen-bond donors (Lipinski definition) is 3. The van der Waals surface area contributed by atoms with Gasteiger partial charge in [-0.1, -0.05) is 24.3 Å². The molecule has 108 valence electrons. The van der Waals surface area contributed by atoms with Crippen LogP contribution in [-0.2, 0) is 0 Å². The zero-order valence-corrected chi connectivity index (χ0v) is 10.7. The van der Waals surface area contributed by atoms with Crippen molar-refractivity contribution in [2.24, 2.45) is 0 Å². The highest BCUT2D eigenvalue weighted by Gasteiger charge is 2.14. The molecule has 1 aromatic carbocycles. The van der Waals surface area contributed by atoms with Gasteiger partial charge in [-0.05, 0) is 12.2 Å². The Labute approximate surface area is 118 Å². The third-order valence-corrected chi connectivity index (χ3v) is 2.72. The summed E-state index contributed by atoms with van der Waals surface area (Å²) in [5.74, 6) is -0.924. The number of rotatable bonds is 5. The van der Waals surface area contributed by atoms with E-state index in [1.165, 1.54) is 30.4 Å². The summed E-state index contributed by atoms with van der Waals surface area (Å²) in [5.41, 5.74) is -0.306. The van der Waals surface area contributed by atoms with Gasteiger partial charge >= 0.3 is 5.97 Å². The Bertz CT molecular complexity index is 708. The highest BCUT2D eigenvalue weighted by atomic mass is 19.3. The molecule has 2 rings (SSSR count). The van der Waals surface area contributed by atoms with Gasteiger partial charge in [0.05, 0.1) is 11.9 Å². The minimum atomic E-state index is -2.67. The number of nitrogens with zero attached hydrogens (tertiary/aromatic N) is 1. The molecule has 0 aliphatic rings. The summed E-state index contributed by atoms with van der Waals surface area (Å²) >= 11 is 0. The van der Waals surface area contributed by atoms with Crippen molar-refractivity contribution in [1.82, 2.24) is 9.97 Å². The average Bonchev–Trinajstić information content (AvgIpc) is 2.94. The van der Waals surface area contributed by atoms with Gasteiger partial charge in [0.15, 0.2) is 0 Å². The SMILES string of the molecule is N=C(/C=C\c1ncc(C(=O)O)[nH]1)c1ccccc1C(F)F. The molecule has 0 amide bonds. The number of carboxylic acid groups (broad SMARTS) is 1. The lowest BCUT2D eigenvalue weighted by molar-refractivity contribution is 0.0691. The van der Waals surface area contributed by atoms with Crippen LogP contribution in [0, 0.1) is 5.41 Å². The number of alkyl halides is 2. The molecule has 2 aromatic rings. The minimum absolute atomic E-state index is 0.0887. The van der Waals surface area contributed by atoms with Crippen molar-refractivity contribution in [3.63, 3.8) is 0 Å². The molecule has 0 unspecified atom stereocenters. The number of H-pyrrole nitrogens is 1. The van der Waals surface area contributed by atoms with E-state index in [1.807, 2.05) is 0 Å². The molecule has 5 nitrogen and oxygen atoms in total. The van der Waals surface area contributed by atoms with Crippen molar-refractivity contribution in [3.8, 4) is 0 Å². The first-order valence-corrected chi connectivity index (χ1v) is 5.91. The van der Waals surface area contributed by atoms with Crippen molar-refractivity contribution in [1.29, 1.82) is 5.41 Å². The van der Waals surface area contributed by atoms with Gasteiger partial charge in [0.2, 0.25) is 0 Å². The van der Waals surface area contributed by atoms with E-state index in [1.54, 1.807) is 6.07 Å². The molecule has 7 heteroatoms. The van der Waals surface area contributed by atoms with Gasteiger partial charge in [-0.25, -0.2) is 18.6 Å². The number of carbonyl (C=O) groups is 1. The number of halogens is 2. The van der Waals surface area contributed by atoms with Crippen LogP contribution in [0.2, 0.25) is 0 Å². The largest absolute Gasteiger partial charge is 0.477 e. The van der Waals surface area contributed by atoms with Crippen molar-refractivity contribution in [2.45, 2.75) is 6.43 Å². The molecule has 0 fully saturated rings. The standard InChI is InChI=1S/C14H11F2N3O2/c15-13(16)9-4-2-1-3-8(9)10(17)5-6-12-18-7-11(19-12)14(20)21/h1-7,13,17H,(H,18,19)(H,20,21)/b6-5-,17-10?. The Kier molecular flexibility index (Phi) is 4.22. The van der Waals surface area contributed by atoms with Gasteiger partial charge in [0.1, 0.15) is 11.5 Å². The lowest BCUT2D eigenvalue weighted by Gasteiger charge is -2.06. The number of aromatic carboxylic acids is 1. The topological polar surface area (TPSA) is 89.8 Å². The van der Waals surface area contributed by atoms with E-state index in [0.717, 1.165) is 6.20 Å². The van der Waals surface area contributed by atoms with Crippen LogP contribution in [0.15, 0.2) is 36.5 Å². The molecule has 0 saturated heterocycles. The van der Waals surface area contributed by atoms with Crippen LogP contribution in [0.25, 0.3) is 6.08 Å². The average molecular weight is 291 g/mol. The number of aromatic amines is 1. The van der Waals surface area contributed by atoms with Crippen LogP contribution in [0.1, 0.15) is 33.9 Å². The second-order valence-corrected chi connectivity index (χ2v) is 4.12. The molecular formula is C14H11F2N3O2. The molecule has 0 saturated carbocycles. The van der Waals surface area contributed by atoms with Crippen LogP contribution in [-0.4, -0.2) is 26.8 Å². The smallest absolute Gasteiger partial charge is 0.353 e. The van der Waals surface area contributed by atoms with Crippen LogP contribution in [0.3, 0.4) is 0 Å². The van der Waals surface area contributed by atoms with E-state index in [2.05, 4.69) is 9.97 Å². The third-order valence-electron chi connectivity index (χ3n) is 2.72. The van der Waals surface area contributed by atoms with E-state index in [9.17, 15) is 13.6 Å². The summed E-state index contributed by atoms with van der Waals surface area (Å²) in [6.45, 7) is 0. The number of nitrogens with one attached hydrogen (secondary N) is 2. The van der Waals surface area contributed by atoms with Gasteiger partial charge in [0.25, 0.3) is 6.43 Å². The lowest BCUT2D eigenvalue weighted by Crippen LogP contribution is -2.01. The van der Waals surface area contributed by atoms with E-state index >= 15 is 0 Å². The fourth-order valence-electron chi connectivity index (χ4n) is 1.71. The van der Waals surface area contributed by atoms with Crippen molar-refractivity contribution in [3.05, 3.63) is 59.2 Å². The van der Waals surface area contributed by atoms with E-state index in [0.29, 0.717) is 0 Å². The maximum atomic E-state index is 12.8. The van der Waals surface area contributed by atoms with Crippen LogP contribution >= 0.6 is 0 Å². The Morgan fingerprint density at radius 1 is 1.38 bits per heavy atom. The summed E-state index contributed by atoms with van der Waals surface area (Å²) < 4.78 is 25.7. The Balaban J connectivity index is 2.21. The number of aromatic nitrogens is 2. The number of allylic oxidation sites excluding steroid dienone is 1. The van der Waals surface area contributed by atoms with Crippen molar-refractivity contribution >= 4 is 17.8 Å². The third kappa shape index (κ3) is 3.38. The number of benzene rings is 1. The summed E-state index contributed by atoms with van der Waals surface area (Å²) in [7, 11) is 0. The summed E-state index contributed by atoms with van der Waals surface area (Å²) in [6.07, 6.45) is 1.11. The fraction of sp³-hybridized carbons (Fsp3) is 0.0714. The highest BCUT2D eigenvalue weighted by Crippen LogP contribution is 2.23.